The minimum atomic E-state index is -0.495. The summed E-state index contributed by atoms with van der Waals surface area (Å²) < 4.78 is 5.59. The lowest BCUT2D eigenvalue weighted by atomic mass is 9.94. The van der Waals surface area contributed by atoms with Crippen LogP contribution in [0.4, 0.5) is 5.69 Å². The monoisotopic (exact) mass is 500 g/mol. The topological polar surface area (TPSA) is 59.5 Å². The number of amides is 1. The molecule has 5 aromatic rings. The molecule has 0 aliphatic heterocycles. The van der Waals surface area contributed by atoms with Crippen molar-refractivity contribution in [2.24, 2.45) is 0 Å². The maximum absolute atomic E-state index is 14.2. The molecule has 1 amide bonds. The molecule has 5 nitrogen and oxygen atoms in total. The van der Waals surface area contributed by atoms with Gasteiger partial charge in [0.2, 0.25) is 5.91 Å². The van der Waals surface area contributed by atoms with Crippen LogP contribution in [0.15, 0.2) is 116 Å². The van der Waals surface area contributed by atoms with Gasteiger partial charge in [-0.25, -0.2) is 0 Å². The second-order valence-corrected chi connectivity index (χ2v) is 9.15. The van der Waals surface area contributed by atoms with Gasteiger partial charge >= 0.3 is 0 Å². The highest BCUT2D eigenvalue weighted by atomic mass is 16.5. The smallest absolute Gasteiger partial charge is 0.234 e. The molecular weight excluding hydrogens is 472 g/mol. The van der Waals surface area contributed by atoms with Crippen LogP contribution in [-0.2, 0) is 11.3 Å². The molecule has 0 saturated carbocycles. The third kappa shape index (κ3) is 5.04. The van der Waals surface area contributed by atoms with Crippen LogP contribution in [0.3, 0.4) is 0 Å². The molecule has 0 fully saturated rings. The van der Waals surface area contributed by atoms with E-state index in [1.165, 1.54) is 0 Å². The van der Waals surface area contributed by atoms with Crippen LogP contribution in [0.5, 0.6) is 5.75 Å². The van der Waals surface area contributed by atoms with Crippen LogP contribution >= 0.6 is 0 Å². The number of rotatable bonds is 8. The molecular formula is C33H28N2O3. The molecule has 4 aromatic carbocycles. The summed E-state index contributed by atoms with van der Waals surface area (Å²) in [7, 11) is 1.63. The predicted molar refractivity (Wildman–Crippen MR) is 151 cm³/mol. The molecule has 0 aliphatic carbocycles. The average molecular weight is 501 g/mol. The Morgan fingerprint density at radius 1 is 0.842 bits per heavy atom. The molecule has 0 aliphatic rings. The van der Waals surface area contributed by atoms with Crippen molar-refractivity contribution in [1.82, 2.24) is 4.98 Å². The highest BCUT2D eigenvalue weighted by Crippen LogP contribution is 2.32. The Balaban J connectivity index is 1.54. The number of hydrogen-bond acceptors (Lipinski definition) is 4. The number of anilines is 1. The first-order chi connectivity index (χ1) is 18.6. The van der Waals surface area contributed by atoms with Gasteiger partial charge in [-0.1, -0.05) is 78.9 Å². The van der Waals surface area contributed by atoms with Crippen molar-refractivity contribution in [2.75, 3.05) is 12.0 Å². The summed E-state index contributed by atoms with van der Waals surface area (Å²) in [5.41, 5.74) is 3.65. The summed E-state index contributed by atoms with van der Waals surface area (Å²) in [6.45, 7) is 2.22. The van der Waals surface area contributed by atoms with E-state index in [9.17, 15) is 9.59 Å². The minimum Gasteiger partial charge on any atom is -0.496 e. The van der Waals surface area contributed by atoms with Crippen LogP contribution in [0, 0.1) is 0 Å². The van der Waals surface area contributed by atoms with E-state index >= 15 is 0 Å². The summed E-state index contributed by atoms with van der Waals surface area (Å²) in [6.07, 6.45) is 3.53. The van der Waals surface area contributed by atoms with Gasteiger partial charge in [0, 0.05) is 39.9 Å². The molecule has 1 aromatic heterocycles. The van der Waals surface area contributed by atoms with Gasteiger partial charge < -0.3 is 9.64 Å². The van der Waals surface area contributed by atoms with Crippen LogP contribution in [0.25, 0.3) is 10.8 Å². The molecule has 0 spiro atoms. The molecule has 188 valence electrons. The Morgan fingerprint density at radius 2 is 1.58 bits per heavy atom. The first-order valence-corrected chi connectivity index (χ1v) is 12.5. The molecule has 1 heterocycles. The van der Waals surface area contributed by atoms with E-state index in [4.69, 9.17) is 4.74 Å². The number of carbonyl (C=O) groups excluding carboxylic acids is 2. The number of carbonyl (C=O) groups is 2. The second kappa shape index (κ2) is 11.1. The lowest BCUT2D eigenvalue weighted by molar-refractivity contribution is -0.119. The van der Waals surface area contributed by atoms with E-state index in [0.29, 0.717) is 17.7 Å². The predicted octanol–water partition coefficient (Wildman–Crippen LogP) is 6.81. The number of nitrogens with zero attached hydrogens (tertiary/aromatic N) is 2. The normalized spacial score (nSPS) is 11.6. The van der Waals surface area contributed by atoms with E-state index in [1.807, 2.05) is 91.9 Å². The summed E-state index contributed by atoms with van der Waals surface area (Å²) in [6, 6.07) is 32.1. The van der Waals surface area contributed by atoms with Crippen molar-refractivity contribution in [1.29, 1.82) is 0 Å². The highest BCUT2D eigenvalue weighted by Gasteiger charge is 2.26. The number of fused-ring (bicyclic) bond motifs is 1. The lowest BCUT2D eigenvalue weighted by Crippen LogP contribution is -2.34. The van der Waals surface area contributed by atoms with Crippen LogP contribution in [-0.4, -0.2) is 23.8 Å². The number of pyridine rings is 1. The van der Waals surface area contributed by atoms with Gasteiger partial charge in [0.25, 0.3) is 0 Å². The summed E-state index contributed by atoms with van der Waals surface area (Å²) in [4.78, 5) is 33.4. The fourth-order valence-corrected chi connectivity index (χ4v) is 4.71. The Labute approximate surface area is 222 Å². The first-order valence-electron chi connectivity index (χ1n) is 12.5. The van der Waals surface area contributed by atoms with Crippen molar-refractivity contribution in [3.63, 3.8) is 0 Å². The maximum Gasteiger partial charge on any atom is 0.234 e. The van der Waals surface area contributed by atoms with Gasteiger partial charge in [-0.05, 0) is 36.8 Å². The summed E-state index contributed by atoms with van der Waals surface area (Å²) in [5.74, 6) is 0.0738. The number of hydrogen-bond donors (Lipinski definition) is 0. The van der Waals surface area contributed by atoms with E-state index in [0.717, 1.165) is 33.3 Å². The number of benzene rings is 4. The van der Waals surface area contributed by atoms with Crippen LogP contribution < -0.4 is 9.64 Å². The molecule has 5 rings (SSSR count). The quantitative estimate of drug-likeness (QED) is 0.220. The molecule has 0 N–H and O–H groups in total. The van der Waals surface area contributed by atoms with Gasteiger partial charge in [0.05, 0.1) is 25.3 Å². The standard InChI is InChI=1S/C33H28N2O3/c1-23(25-13-8-14-26(20-25)32(36)24-10-4-3-5-11-24)33(37)35(22-28-12-6-7-17-31(28)38-2)30-16-9-15-27-21-34-19-18-29(27)30/h3-21,23H,22H2,1-2H3. The van der Waals surface area contributed by atoms with Crippen LogP contribution in [0.2, 0.25) is 0 Å². The van der Waals surface area contributed by atoms with Gasteiger partial charge in [-0.2, -0.15) is 0 Å². The number of ketones is 1. The number of methoxy groups -OCH3 is 1. The molecule has 5 heteroatoms. The summed E-state index contributed by atoms with van der Waals surface area (Å²) in [5, 5.41) is 1.89. The maximum atomic E-state index is 14.2. The third-order valence-electron chi connectivity index (χ3n) is 6.79. The second-order valence-electron chi connectivity index (χ2n) is 9.15. The van der Waals surface area contributed by atoms with E-state index in [2.05, 4.69) is 4.98 Å². The van der Waals surface area contributed by atoms with Crippen molar-refractivity contribution in [3.8, 4) is 5.75 Å². The van der Waals surface area contributed by atoms with Crippen molar-refractivity contribution in [2.45, 2.75) is 19.4 Å². The molecule has 0 saturated heterocycles. The van der Waals surface area contributed by atoms with Crippen LogP contribution in [0.1, 0.15) is 39.9 Å². The molecule has 0 radical (unpaired) electrons. The fourth-order valence-electron chi connectivity index (χ4n) is 4.71. The highest BCUT2D eigenvalue weighted by molar-refractivity contribution is 6.09. The number of para-hydroxylation sites is 1. The first kappa shape index (κ1) is 24.9. The SMILES string of the molecule is COc1ccccc1CN(C(=O)C(C)c1cccc(C(=O)c2ccccc2)c1)c1cccc2cnccc12. The summed E-state index contributed by atoms with van der Waals surface area (Å²) >= 11 is 0. The molecule has 38 heavy (non-hydrogen) atoms. The fraction of sp³-hybridized carbons (Fsp3) is 0.121. The van der Waals surface area contributed by atoms with Gasteiger partial charge in [-0.15, -0.1) is 0 Å². The Hall–Kier alpha value is -4.77. The lowest BCUT2D eigenvalue weighted by Gasteiger charge is -2.28. The Morgan fingerprint density at radius 3 is 2.39 bits per heavy atom. The Bertz CT molecular complexity index is 1590. The zero-order valence-electron chi connectivity index (χ0n) is 21.4. The van der Waals surface area contributed by atoms with Crippen molar-refractivity contribution >= 4 is 28.2 Å². The van der Waals surface area contributed by atoms with E-state index in [-0.39, 0.29) is 11.7 Å². The largest absolute Gasteiger partial charge is 0.496 e. The van der Waals surface area contributed by atoms with Gasteiger partial charge in [-0.3, -0.25) is 14.6 Å². The molecule has 0 bridgehead atoms. The van der Waals surface area contributed by atoms with Crippen molar-refractivity contribution < 1.29 is 14.3 Å². The minimum absolute atomic E-state index is 0.0699. The van der Waals surface area contributed by atoms with Gasteiger partial charge in [0.1, 0.15) is 5.75 Å². The van der Waals surface area contributed by atoms with Crippen molar-refractivity contribution in [3.05, 3.63) is 138 Å². The third-order valence-corrected chi connectivity index (χ3v) is 6.79. The zero-order chi connectivity index (χ0) is 26.5. The number of aromatic nitrogens is 1. The van der Waals surface area contributed by atoms with E-state index in [1.54, 1.807) is 42.6 Å². The Kier molecular flexibility index (Phi) is 7.27. The number of ether oxygens (including phenoxy) is 1. The van der Waals surface area contributed by atoms with E-state index < -0.39 is 5.92 Å². The van der Waals surface area contributed by atoms with Gasteiger partial charge in [0.15, 0.2) is 5.78 Å². The molecule has 1 unspecified atom stereocenters. The zero-order valence-corrected chi connectivity index (χ0v) is 21.4. The average Bonchev–Trinajstić information content (AvgIpc) is 2.99. The molecule has 1 atom stereocenters.